The summed E-state index contributed by atoms with van der Waals surface area (Å²) in [7, 11) is 3.28. The summed E-state index contributed by atoms with van der Waals surface area (Å²) in [4.78, 5) is 1.24. The van der Waals surface area contributed by atoms with Crippen LogP contribution in [-0.2, 0) is 6.54 Å². The van der Waals surface area contributed by atoms with Gasteiger partial charge in [0.25, 0.3) is 0 Å². The Morgan fingerprint density at radius 3 is 3.00 bits per heavy atom. The zero-order valence-corrected chi connectivity index (χ0v) is 9.51. The highest BCUT2D eigenvalue weighted by atomic mass is 19.1. The van der Waals surface area contributed by atoms with Crippen molar-refractivity contribution in [1.82, 2.24) is 25.5 Å². The van der Waals surface area contributed by atoms with E-state index in [9.17, 15) is 4.39 Å². The van der Waals surface area contributed by atoms with E-state index in [1.54, 1.807) is 7.05 Å². The fourth-order valence-electron chi connectivity index (χ4n) is 1.39. The first kappa shape index (κ1) is 11.5. The standard InChI is InChI=1S/C10H12FN5O/c1-12-6-10-13-15-16(14-10)8-5-7(11)3-4-9(8)17-2/h3-5,12H,6H2,1-2H3. The third-order valence-corrected chi connectivity index (χ3v) is 2.15. The molecular weight excluding hydrogens is 225 g/mol. The molecule has 0 saturated heterocycles. The van der Waals surface area contributed by atoms with E-state index in [-0.39, 0.29) is 5.82 Å². The van der Waals surface area contributed by atoms with Crippen LogP contribution < -0.4 is 10.1 Å². The van der Waals surface area contributed by atoms with Crippen LogP contribution in [0.5, 0.6) is 5.75 Å². The van der Waals surface area contributed by atoms with Crippen LogP contribution in [0.4, 0.5) is 4.39 Å². The van der Waals surface area contributed by atoms with Crippen molar-refractivity contribution >= 4 is 0 Å². The lowest BCUT2D eigenvalue weighted by Gasteiger charge is -2.05. The van der Waals surface area contributed by atoms with Gasteiger partial charge < -0.3 is 10.1 Å². The molecule has 0 amide bonds. The largest absolute Gasteiger partial charge is 0.494 e. The number of methoxy groups -OCH3 is 1. The van der Waals surface area contributed by atoms with Gasteiger partial charge in [0.1, 0.15) is 17.3 Å². The molecule has 0 bridgehead atoms. The van der Waals surface area contributed by atoms with Crippen LogP contribution in [0.3, 0.4) is 0 Å². The zero-order valence-electron chi connectivity index (χ0n) is 9.51. The van der Waals surface area contributed by atoms with Gasteiger partial charge >= 0.3 is 0 Å². The molecule has 1 heterocycles. The van der Waals surface area contributed by atoms with Crippen molar-refractivity contribution in [3.63, 3.8) is 0 Å². The number of aromatic nitrogens is 4. The summed E-state index contributed by atoms with van der Waals surface area (Å²) in [6, 6.07) is 4.13. The average Bonchev–Trinajstić information content (AvgIpc) is 2.78. The summed E-state index contributed by atoms with van der Waals surface area (Å²) in [5.74, 6) is 0.631. The average molecular weight is 237 g/mol. The summed E-state index contributed by atoms with van der Waals surface area (Å²) in [6.45, 7) is 0.498. The molecular formula is C10H12FN5O. The first-order valence-corrected chi connectivity index (χ1v) is 5.02. The lowest BCUT2D eigenvalue weighted by molar-refractivity contribution is 0.408. The number of rotatable bonds is 4. The second-order valence-corrected chi connectivity index (χ2v) is 3.34. The minimum Gasteiger partial charge on any atom is -0.494 e. The number of hydrogen-bond acceptors (Lipinski definition) is 5. The molecule has 0 unspecified atom stereocenters. The SMILES string of the molecule is CNCc1nnn(-c2cc(F)ccc2OC)n1. The van der Waals surface area contributed by atoms with Crippen LogP contribution in [0.25, 0.3) is 5.69 Å². The minimum absolute atomic E-state index is 0.381. The Labute approximate surface area is 97.4 Å². The third kappa shape index (κ3) is 2.39. The molecule has 17 heavy (non-hydrogen) atoms. The van der Waals surface area contributed by atoms with Crippen LogP contribution in [-0.4, -0.2) is 34.4 Å². The molecule has 0 aliphatic rings. The number of benzene rings is 1. The normalized spacial score (nSPS) is 10.5. The van der Waals surface area contributed by atoms with Crippen molar-refractivity contribution in [2.75, 3.05) is 14.2 Å². The molecule has 2 rings (SSSR count). The van der Waals surface area contributed by atoms with Crippen LogP contribution >= 0.6 is 0 Å². The molecule has 0 saturated carbocycles. The predicted molar refractivity (Wildman–Crippen MR) is 58.4 cm³/mol. The quantitative estimate of drug-likeness (QED) is 0.840. The van der Waals surface area contributed by atoms with Gasteiger partial charge in [0, 0.05) is 6.07 Å². The van der Waals surface area contributed by atoms with Crippen LogP contribution in [0.1, 0.15) is 5.82 Å². The van der Waals surface area contributed by atoms with E-state index in [0.29, 0.717) is 23.8 Å². The summed E-state index contributed by atoms with van der Waals surface area (Å²) >= 11 is 0. The van der Waals surface area contributed by atoms with Crippen molar-refractivity contribution < 1.29 is 9.13 Å². The molecule has 6 nitrogen and oxygen atoms in total. The Kier molecular flexibility index (Phi) is 3.29. The minimum atomic E-state index is -0.381. The molecule has 7 heteroatoms. The molecule has 0 aliphatic heterocycles. The molecule has 1 aromatic heterocycles. The highest BCUT2D eigenvalue weighted by Gasteiger charge is 2.10. The van der Waals surface area contributed by atoms with Gasteiger partial charge in [0.05, 0.1) is 13.7 Å². The van der Waals surface area contributed by atoms with Crippen molar-refractivity contribution in [2.24, 2.45) is 0 Å². The maximum absolute atomic E-state index is 13.2. The molecule has 1 aromatic carbocycles. The molecule has 0 radical (unpaired) electrons. The van der Waals surface area contributed by atoms with Crippen molar-refractivity contribution in [3.05, 3.63) is 29.8 Å². The van der Waals surface area contributed by atoms with E-state index in [1.807, 2.05) is 0 Å². The number of nitrogens with one attached hydrogen (secondary N) is 1. The Morgan fingerprint density at radius 2 is 2.29 bits per heavy atom. The molecule has 0 fully saturated rings. The predicted octanol–water partition coefficient (Wildman–Crippen LogP) is 0.529. The second-order valence-electron chi connectivity index (χ2n) is 3.34. The Balaban J connectivity index is 2.40. The smallest absolute Gasteiger partial charge is 0.188 e. The van der Waals surface area contributed by atoms with Crippen molar-refractivity contribution in [3.8, 4) is 11.4 Å². The molecule has 2 aromatic rings. The Hall–Kier alpha value is -2.02. The molecule has 90 valence electrons. The van der Waals surface area contributed by atoms with E-state index >= 15 is 0 Å². The zero-order chi connectivity index (χ0) is 12.3. The van der Waals surface area contributed by atoms with Gasteiger partial charge in [-0.2, -0.15) is 0 Å². The fraction of sp³-hybridized carbons (Fsp3) is 0.300. The molecule has 0 atom stereocenters. The van der Waals surface area contributed by atoms with Crippen LogP contribution in [0, 0.1) is 5.82 Å². The monoisotopic (exact) mass is 237 g/mol. The summed E-state index contributed by atoms with van der Waals surface area (Å²) < 4.78 is 18.3. The fourth-order valence-corrected chi connectivity index (χ4v) is 1.39. The number of hydrogen-bond donors (Lipinski definition) is 1. The first-order chi connectivity index (χ1) is 8.24. The number of ether oxygens (including phenoxy) is 1. The van der Waals surface area contributed by atoms with Gasteiger partial charge in [0.15, 0.2) is 5.82 Å². The van der Waals surface area contributed by atoms with Gasteiger partial charge in [-0.05, 0) is 24.4 Å². The lowest BCUT2D eigenvalue weighted by atomic mass is 10.3. The van der Waals surface area contributed by atoms with Crippen LogP contribution in [0.15, 0.2) is 18.2 Å². The topological polar surface area (TPSA) is 64.9 Å². The maximum Gasteiger partial charge on any atom is 0.188 e. The Bertz CT molecular complexity index is 513. The highest BCUT2D eigenvalue weighted by molar-refractivity contribution is 5.45. The summed E-state index contributed by atoms with van der Waals surface area (Å²) in [5.41, 5.74) is 0.419. The van der Waals surface area contributed by atoms with Gasteiger partial charge in [-0.1, -0.05) is 0 Å². The van der Waals surface area contributed by atoms with E-state index < -0.39 is 0 Å². The number of halogens is 1. The number of tetrazole rings is 1. The van der Waals surface area contributed by atoms with E-state index in [2.05, 4.69) is 20.7 Å². The third-order valence-electron chi connectivity index (χ3n) is 2.15. The summed E-state index contributed by atoms with van der Waals surface area (Å²) in [5, 5.41) is 14.7. The molecule has 1 N–H and O–H groups in total. The first-order valence-electron chi connectivity index (χ1n) is 5.02. The van der Waals surface area contributed by atoms with Gasteiger partial charge in [0.2, 0.25) is 0 Å². The maximum atomic E-state index is 13.2. The van der Waals surface area contributed by atoms with E-state index in [0.717, 1.165) is 0 Å². The lowest BCUT2D eigenvalue weighted by Crippen LogP contribution is -2.07. The number of nitrogens with zero attached hydrogens (tertiary/aromatic N) is 4. The Morgan fingerprint density at radius 1 is 1.47 bits per heavy atom. The van der Waals surface area contributed by atoms with Gasteiger partial charge in [-0.25, -0.2) is 4.39 Å². The van der Waals surface area contributed by atoms with E-state index in [1.165, 1.54) is 30.1 Å². The molecule has 0 aliphatic carbocycles. The van der Waals surface area contributed by atoms with Crippen molar-refractivity contribution in [2.45, 2.75) is 6.54 Å². The van der Waals surface area contributed by atoms with Gasteiger partial charge in [-0.3, -0.25) is 0 Å². The van der Waals surface area contributed by atoms with Crippen molar-refractivity contribution in [1.29, 1.82) is 0 Å². The summed E-state index contributed by atoms with van der Waals surface area (Å²) in [6.07, 6.45) is 0. The van der Waals surface area contributed by atoms with Gasteiger partial charge in [-0.15, -0.1) is 15.0 Å². The second kappa shape index (κ2) is 4.88. The van der Waals surface area contributed by atoms with Crippen LogP contribution in [0.2, 0.25) is 0 Å². The highest BCUT2D eigenvalue weighted by Crippen LogP contribution is 2.21. The van der Waals surface area contributed by atoms with E-state index in [4.69, 9.17) is 4.74 Å². The molecule has 0 spiro atoms.